The van der Waals surface area contributed by atoms with Gasteiger partial charge >= 0.3 is 0 Å². The number of alkyl halides is 1. The first-order chi connectivity index (χ1) is 7.06. The maximum atomic E-state index is 13.3. The first-order valence-electron chi connectivity index (χ1n) is 4.75. The molecule has 1 rings (SSSR count). The molecule has 1 aromatic rings. The van der Waals surface area contributed by atoms with Crippen molar-refractivity contribution in [2.75, 3.05) is 12.9 Å². The van der Waals surface area contributed by atoms with Gasteiger partial charge in [-0.05, 0) is 26.1 Å². The van der Waals surface area contributed by atoms with Crippen molar-refractivity contribution < 1.29 is 8.78 Å². The zero-order chi connectivity index (χ0) is 11.4. The first kappa shape index (κ1) is 12.4. The highest BCUT2D eigenvalue weighted by Crippen LogP contribution is 2.15. The number of halogens is 3. The summed E-state index contributed by atoms with van der Waals surface area (Å²) in [5, 5.41) is 0. The van der Waals surface area contributed by atoms with E-state index in [9.17, 15) is 8.78 Å². The predicted molar refractivity (Wildman–Crippen MR) is 58.0 cm³/mol. The van der Waals surface area contributed by atoms with Crippen LogP contribution in [0.2, 0.25) is 0 Å². The molecule has 1 aromatic carbocycles. The molecule has 1 unspecified atom stereocenters. The second-order valence-corrected chi connectivity index (χ2v) is 3.93. The molecule has 0 saturated heterocycles. The van der Waals surface area contributed by atoms with Gasteiger partial charge in [0.05, 0.1) is 0 Å². The van der Waals surface area contributed by atoms with E-state index < -0.39 is 11.6 Å². The largest absolute Gasteiger partial charge is 0.298 e. The summed E-state index contributed by atoms with van der Waals surface area (Å²) in [6, 6.07) is 3.97. The molecule has 0 amide bonds. The molecule has 0 aliphatic heterocycles. The summed E-state index contributed by atoms with van der Waals surface area (Å²) >= 11 is 5.66. The SMILES string of the molecule is CC(CCl)N(C)Cc1c(F)cccc1F. The Morgan fingerprint density at radius 3 is 2.33 bits per heavy atom. The van der Waals surface area contributed by atoms with Crippen molar-refractivity contribution in [2.45, 2.75) is 19.5 Å². The third kappa shape index (κ3) is 3.14. The number of hydrogen-bond donors (Lipinski definition) is 0. The lowest BCUT2D eigenvalue weighted by atomic mass is 10.1. The third-order valence-electron chi connectivity index (χ3n) is 2.44. The van der Waals surface area contributed by atoms with Crippen LogP contribution in [0, 0.1) is 11.6 Å². The van der Waals surface area contributed by atoms with Crippen molar-refractivity contribution in [3.63, 3.8) is 0 Å². The fourth-order valence-electron chi connectivity index (χ4n) is 1.21. The minimum atomic E-state index is -0.511. The Labute approximate surface area is 93.7 Å². The van der Waals surface area contributed by atoms with E-state index in [1.54, 1.807) is 7.05 Å². The fraction of sp³-hybridized carbons (Fsp3) is 0.455. The third-order valence-corrected chi connectivity index (χ3v) is 2.89. The fourth-order valence-corrected chi connectivity index (χ4v) is 1.44. The van der Waals surface area contributed by atoms with E-state index in [4.69, 9.17) is 11.6 Å². The molecule has 0 heterocycles. The van der Waals surface area contributed by atoms with Crippen LogP contribution in [0.3, 0.4) is 0 Å². The number of rotatable bonds is 4. The molecule has 84 valence electrons. The van der Waals surface area contributed by atoms with Gasteiger partial charge in [0.25, 0.3) is 0 Å². The molecule has 0 radical (unpaired) electrons. The summed E-state index contributed by atoms with van der Waals surface area (Å²) < 4.78 is 26.6. The van der Waals surface area contributed by atoms with Crippen molar-refractivity contribution in [2.24, 2.45) is 0 Å². The van der Waals surface area contributed by atoms with Crippen LogP contribution in [0.15, 0.2) is 18.2 Å². The van der Waals surface area contributed by atoms with Gasteiger partial charge in [0.2, 0.25) is 0 Å². The van der Waals surface area contributed by atoms with E-state index in [1.807, 2.05) is 11.8 Å². The van der Waals surface area contributed by atoms with Crippen LogP contribution >= 0.6 is 11.6 Å². The molecule has 1 nitrogen and oxygen atoms in total. The second-order valence-electron chi connectivity index (χ2n) is 3.62. The Morgan fingerprint density at radius 1 is 1.33 bits per heavy atom. The molecule has 0 bridgehead atoms. The van der Waals surface area contributed by atoms with E-state index in [0.29, 0.717) is 5.88 Å². The predicted octanol–water partition coefficient (Wildman–Crippen LogP) is 3.02. The van der Waals surface area contributed by atoms with E-state index in [-0.39, 0.29) is 18.2 Å². The number of benzene rings is 1. The lowest BCUT2D eigenvalue weighted by Crippen LogP contribution is -2.30. The molecule has 0 spiro atoms. The van der Waals surface area contributed by atoms with Crippen LogP contribution in [-0.4, -0.2) is 23.9 Å². The Bertz CT molecular complexity index is 310. The van der Waals surface area contributed by atoms with Crippen LogP contribution in [0.5, 0.6) is 0 Å². The van der Waals surface area contributed by atoms with E-state index in [0.717, 1.165) is 0 Å². The maximum Gasteiger partial charge on any atom is 0.130 e. The molecule has 0 aliphatic rings. The first-order valence-corrected chi connectivity index (χ1v) is 5.28. The standard InChI is InChI=1S/C11H14ClF2N/c1-8(6-12)15(2)7-9-10(13)4-3-5-11(9)14/h3-5,8H,6-7H2,1-2H3. The summed E-state index contributed by atoms with van der Waals surface area (Å²) in [6.45, 7) is 2.14. The van der Waals surface area contributed by atoms with Gasteiger partial charge < -0.3 is 0 Å². The summed E-state index contributed by atoms with van der Waals surface area (Å²) in [5.74, 6) is -0.584. The van der Waals surface area contributed by atoms with Crippen molar-refractivity contribution in [3.05, 3.63) is 35.4 Å². The Hall–Kier alpha value is -0.670. The minimum absolute atomic E-state index is 0.0886. The van der Waals surface area contributed by atoms with Gasteiger partial charge in [0.15, 0.2) is 0 Å². The van der Waals surface area contributed by atoms with Crippen LogP contribution in [0.4, 0.5) is 8.78 Å². The van der Waals surface area contributed by atoms with Gasteiger partial charge in [0.1, 0.15) is 11.6 Å². The minimum Gasteiger partial charge on any atom is -0.298 e. The van der Waals surface area contributed by atoms with Crippen LogP contribution in [-0.2, 0) is 6.54 Å². The molecular formula is C11H14ClF2N. The van der Waals surface area contributed by atoms with Gasteiger partial charge in [-0.3, -0.25) is 4.90 Å². The molecule has 0 aliphatic carbocycles. The van der Waals surface area contributed by atoms with Crippen molar-refractivity contribution >= 4 is 11.6 Å². The monoisotopic (exact) mass is 233 g/mol. The van der Waals surface area contributed by atoms with Crippen molar-refractivity contribution in [1.82, 2.24) is 4.90 Å². The molecule has 0 N–H and O–H groups in total. The Balaban J connectivity index is 2.80. The van der Waals surface area contributed by atoms with Crippen molar-refractivity contribution in [1.29, 1.82) is 0 Å². The highest BCUT2D eigenvalue weighted by atomic mass is 35.5. The lowest BCUT2D eigenvalue weighted by molar-refractivity contribution is 0.260. The molecule has 0 fully saturated rings. The van der Waals surface area contributed by atoms with E-state index in [1.165, 1.54) is 18.2 Å². The molecule has 4 heteroatoms. The van der Waals surface area contributed by atoms with E-state index >= 15 is 0 Å². The summed E-state index contributed by atoms with van der Waals surface area (Å²) in [6.07, 6.45) is 0. The maximum absolute atomic E-state index is 13.3. The van der Waals surface area contributed by atoms with E-state index in [2.05, 4.69) is 0 Å². The average Bonchev–Trinajstić information content (AvgIpc) is 2.22. The zero-order valence-corrected chi connectivity index (χ0v) is 9.56. The highest BCUT2D eigenvalue weighted by Gasteiger charge is 2.14. The molecular weight excluding hydrogens is 220 g/mol. The van der Waals surface area contributed by atoms with Crippen LogP contribution in [0.1, 0.15) is 12.5 Å². The van der Waals surface area contributed by atoms with Crippen molar-refractivity contribution in [3.8, 4) is 0 Å². The summed E-state index contributed by atoms with van der Waals surface area (Å²) in [5.41, 5.74) is 0.0944. The van der Waals surface area contributed by atoms with Gasteiger partial charge in [-0.1, -0.05) is 6.07 Å². The number of nitrogens with zero attached hydrogens (tertiary/aromatic N) is 1. The molecule has 0 saturated carbocycles. The lowest BCUT2D eigenvalue weighted by Gasteiger charge is -2.23. The summed E-state index contributed by atoms with van der Waals surface area (Å²) in [7, 11) is 1.79. The topological polar surface area (TPSA) is 3.24 Å². The van der Waals surface area contributed by atoms with Gasteiger partial charge in [-0.2, -0.15) is 0 Å². The number of hydrogen-bond acceptors (Lipinski definition) is 1. The van der Waals surface area contributed by atoms with Gasteiger partial charge in [-0.15, -0.1) is 11.6 Å². The van der Waals surface area contributed by atoms with Gasteiger partial charge in [-0.25, -0.2) is 8.78 Å². The van der Waals surface area contributed by atoms with Gasteiger partial charge in [0, 0.05) is 24.0 Å². The molecule has 15 heavy (non-hydrogen) atoms. The quantitative estimate of drug-likeness (QED) is 0.723. The van der Waals surface area contributed by atoms with Crippen LogP contribution < -0.4 is 0 Å². The zero-order valence-electron chi connectivity index (χ0n) is 8.80. The summed E-state index contributed by atoms with van der Waals surface area (Å²) in [4.78, 5) is 1.81. The average molecular weight is 234 g/mol. The molecule has 0 aromatic heterocycles. The smallest absolute Gasteiger partial charge is 0.130 e. The highest BCUT2D eigenvalue weighted by molar-refractivity contribution is 6.18. The Morgan fingerprint density at radius 2 is 1.87 bits per heavy atom. The van der Waals surface area contributed by atoms with Crippen LogP contribution in [0.25, 0.3) is 0 Å². The Kier molecular flexibility index (Phi) is 4.48. The normalized spacial score (nSPS) is 13.2. The second kappa shape index (κ2) is 5.42. The molecule has 1 atom stereocenters.